The summed E-state index contributed by atoms with van der Waals surface area (Å²) in [6, 6.07) is 4.65. The molecule has 1 amide bonds. The van der Waals surface area contributed by atoms with Gasteiger partial charge in [0, 0.05) is 25.1 Å². The summed E-state index contributed by atoms with van der Waals surface area (Å²) >= 11 is 0. The molecule has 0 saturated carbocycles. The van der Waals surface area contributed by atoms with Crippen LogP contribution in [0.2, 0.25) is 0 Å². The lowest BCUT2D eigenvalue weighted by atomic mass is 10.0. The van der Waals surface area contributed by atoms with E-state index >= 15 is 0 Å². The molecule has 1 aliphatic heterocycles. The number of halogens is 2. The maximum atomic E-state index is 13.2. The van der Waals surface area contributed by atoms with E-state index in [2.05, 4.69) is 10.6 Å². The predicted octanol–water partition coefficient (Wildman–Crippen LogP) is 1.32. The minimum atomic E-state index is -2.89. The Morgan fingerprint density at radius 2 is 2.15 bits per heavy atom. The van der Waals surface area contributed by atoms with Gasteiger partial charge >= 0.3 is 0 Å². The number of nitro groups is 1. The van der Waals surface area contributed by atoms with Crippen molar-refractivity contribution in [2.24, 2.45) is 0 Å². The largest absolute Gasteiger partial charge is 0.348 e. The van der Waals surface area contributed by atoms with Crippen molar-refractivity contribution < 1.29 is 18.5 Å². The number of para-hydroxylation sites is 1. The fourth-order valence-corrected chi connectivity index (χ4v) is 2.12. The molecule has 0 radical (unpaired) electrons. The molecule has 108 valence electrons. The minimum Gasteiger partial charge on any atom is -0.348 e. The molecule has 1 aromatic carbocycles. The Balaban J connectivity index is 2.11. The van der Waals surface area contributed by atoms with Crippen LogP contribution in [-0.2, 0) is 0 Å². The van der Waals surface area contributed by atoms with Crippen molar-refractivity contribution in [3.05, 3.63) is 39.9 Å². The van der Waals surface area contributed by atoms with Gasteiger partial charge in [0.15, 0.2) is 0 Å². The summed E-state index contributed by atoms with van der Waals surface area (Å²) < 4.78 is 26.4. The molecule has 1 aliphatic rings. The number of piperidine rings is 1. The van der Waals surface area contributed by atoms with E-state index in [1.165, 1.54) is 24.3 Å². The number of alkyl halides is 2. The summed E-state index contributed by atoms with van der Waals surface area (Å²) in [7, 11) is 0. The van der Waals surface area contributed by atoms with E-state index in [4.69, 9.17) is 0 Å². The number of benzene rings is 1. The molecular formula is C12H13F2N3O3. The van der Waals surface area contributed by atoms with Crippen molar-refractivity contribution in [3.8, 4) is 0 Å². The SMILES string of the molecule is O=C(N[C@@H]1CNCC(F)(F)C1)c1ccccc1[N+](=O)[O-]. The number of rotatable bonds is 3. The minimum absolute atomic E-state index is 0.133. The van der Waals surface area contributed by atoms with E-state index in [1.807, 2.05) is 0 Å². The fraction of sp³-hybridized carbons (Fsp3) is 0.417. The third-order valence-corrected chi connectivity index (χ3v) is 3.00. The molecule has 1 fully saturated rings. The first-order valence-electron chi connectivity index (χ1n) is 6.02. The Morgan fingerprint density at radius 3 is 2.80 bits per heavy atom. The number of nitro benzene ring substituents is 1. The number of hydrogen-bond donors (Lipinski definition) is 2. The van der Waals surface area contributed by atoms with E-state index in [0.29, 0.717) is 0 Å². The summed E-state index contributed by atoms with van der Waals surface area (Å²) in [5.41, 5.74) is -0.480. The second-order valence-corrected chi connectivity index (χ2v) is 4.64. The maximum absolute atomic E-state index is 13.2. The number of carbonyl (C=O) groups excluding carboxylic acids is 1. The van der Waals surface area contributed by atoms with Crippen LogP contribution in [-0.4, -0.2) is 35.9 Å². The molecule has 0 aliphatic carbocycles. The van der Waals surface area contributed by atoms with Crippen LogP contribution in [0.15, 0.2) is 24.3 Å². The van der Waals surface area contributed by atoms with Crippen LogP contribution < -0.4 is 10.6 Å². The molecule has 0 spiro atoms. The zero-order valence-corrected chi connectivity index (χ0v) is 10.4. The molecule has 1 aromatic rings. The van der Waals surface area contributed by atoms with Gasteiger partial charge in [0.25, 0.3) is 17.5 Å². The van der Waals surface area contributed by atoms with Crippen molar-refractivity contribution in [2.75, 3.05) is 13.1 Å². The highest BCUT2D eigenvalue weighted by Crippen LogP contribution is 2.23. The number of nitrogens with one attached hydrogen (secondary N) is 2. The van der Waals surface area contributed by atoms with Crippen molar-refractivity contribution >= 4 is 11.6 Å². The molecular weight excluding hydrogens is 272 g/mol. The number of nitrogens with zero attached hydrogens (tertiary/aromatic N) is 1. The Kier molecular flexibility index (Phi) is 3.93. The summed E-state index contributed by atoms with van der Waals surface area (Å²) in [6.07, 6.45) is -0.480. The van der Waals surface area contributed by atoms with Gasteiger partial charge in [-0.15, -0.1) is 0 Å². The second-order valence-electron chi connectivity index (χ2n) is 4.64. The Bertz CT molecular complexity index is 536. The summed E-state index contributed by atoms with van der Waals surface area (Å²) in [5, 5.41) is 15.7. The van der Waals surface area contributed by atoms with Crippen LogP contribution in [0.3, 0.4) is 0 Å². The second kappa shape index (κ2) is 5.49. The van der Waals surface area contributed by atoms with Crippen LogP contribution in [0.4, 0.5) is 14.5 Å². The highest BCUT2D eigenvalue weighted by atomic mass is 19.3. The number of hydrogen-bond acceptors (Lipinski definition) is 4. The normalized spacial score (nSPS) is 21.2. The van der Waals surface area contributed by atoms with Crippen molar-refractivity contribution in [3.63, 3.8) is 0 Å². The van der Waals surface area contributed by atoms with Crippen LogP contribution >= 0.6 is 0 Å². The fourth-order valence-electron chi connectivity index (χ4n) is 2.12. The van der Waals surface area contributed by atoms with Crippen LogP contribution in [0.5, 0.6) is 0 Å². The topological polar surface area (TPSA) is 84.3 Å². The molecule has 6 nitrogen and oxygen atoms in total. The number of amides is 1. The smallest absolute Gasteiger partial charge is 0.282 e. The van der Waals surface area contributed by atoms with Crippen molar-refractivity contribution in [1.29, 1.82) is 0 Å². The highest BCUT2D eigenvalue weighted by Gasteiger charge is 2.37. The lowest BCUT2D eigenvalue weighted by molar-refractivity contribution is -0.385. The van der Waals surface area contributed by atoms with Crippen LogP contribution in [0, 0.1) is 10.1 Å². The quantitative estimate of drug-likeness (QED) is 0.648. The van der Waals surface area contributed by atoms with Gasteiger partial charge in [-0.3, -0.25) is 14.9 Å². The van der Waals surface area contributed by atoms with Gasteiger partial charge in [0.2, 0.25) is 0 Å². The van der Waals surface area contributed by atoms with Crippen LogP contribution in [0.1, 0.15) is 16.8 Å². The Hall–Kier alpha value is -2.09. The predicted molar refractivity (Wildman–Crippen MR) is 66.8 cm³/mol. The van der Waals surface area contributed by atoms with Gasteiger partial charge < -0.3 is 10.6 Å². The monoisotopic (exact) mass is 285 g/mol. The molecule has 8 heteroatoms. The molecule has 1 saturated heterocycles. The Labute approximate surface area is 113 Å². The third-order valence-electron chi connectivity index (χ3n) is 3.00. The van der Waals surface area contributed by atoms with Gasteiger partial charge in [-0.1, -0.05) is 12.1 Å². The highest BCUT2D eigenvalue weighted by molar-refractivity contribution is 5.98. The molecule has 0 aromatic heterocycles. The molecule has 0 unspecified atom stereocenters. The van der Waals surface area contributed by atoms with Crippen molar-refractivity contribution in [2.45, 2.75) is 18.4 Å². The standard InChI is InChI=1S/C12H13F2N3O3/c13-12(14)5-8(6-15-7-12)16-11(18)9-3-1-2-4-10(9)17(19)20/h1-4,8,15H,5-7H2,(H,16,18)/t8-/m0/s1. The molecule has 1 atom stereocenters. The molecule has 1 heterocycles. The van der Waals surface area contributed by atoms with E-state index in [0.717, 1.165) is 0 Å². The zero-order chi connectivity index (χ0) is 14.8. The first kappa shape index (κ1) is 14.3. The average molecular weight is 285 g/mol. The third kappa shape index (κ3) is 3.27. The van der Waals surface area contributed by atoms with E-state index in [1.54, 1.807) is 0 Å². The average Bonchev–Trinajstić information content (AvgIpc) is 2.37. The molecule has 2 N–H and O–H groups in total. The molecule has 20 heavy (non-hydrogen) atoms. The number of carbonyl (C=O) groups is 1. The van der Waals surface area contributed by atoms with Crippen LogP contribution in [0.25, 0.3) is 0 Å². The maximum Gasteiger partial charge on any atom is 0.282 e. The van der Waals surface area contributed by atoms with Gasteiger partial charge in [0.05, 0.1) is 11.5 Å². The lowest BCUT2D eigenvalue weighted by Crippen LogP contribution is -2.53. The summed E-state index contributed by atoms with van der Waals surface area (Å²) in [5.74, 6) is -3.61. The van der Waals surface area contributed by atoms with Gasteiger partial charge in [-0.2, -0.15) is 0 Å². The molecule has 0 bridgehead atoms. The van der Waals surface area contributed by atoms with E-state index in [-0.39, 0.29) is 17.8 Å². The van der Waals surface area contributed by atoms with E-state index < -0.39 is 35.8 Å². The summed E-state index contributed by atoms with van der Waals surface area (Å²) in [4.78, 5) is 22.1. The lowest BCUT2D eigenvalue weighted by Gasteiger charge is -2.30. The van der Waals surface area contributed by atoms with Gasteiger partial charge in [-0.05, 0) is 6.07 Å². The van der Waals surface area contributed by atoms with Gasteiger partial charge in [0.1, 0.15) is 5.56 Å². The molecule has 2 rings (SSSR count). The zero-order valence-electron chi connectivity index (χ0n) is 10.4. The Morgan fingerprint density at radius 1 is 1.45 bits per heavy atom. The van der Waals surface area contributed by atoms with Gasteiger partial charge in [-0.25, -0.2) is 8.78 Å². The first-order chi connectivity index (χ1) is 9.39. The first-order valence-corrected chi connectivity index (χ1v) is 6.02. The van der Waals surface area contributed by atoms with Crippen molar-refractivity contribution in [1.82, 2.24) is 10.6 Å². The summed E-state index contributed by atoms with van der Waals surface area (Å²) in [6.45, 7) is -0.215. The van der Waals surface area contributed by atoms with E-state index in [9.17, 15) is 23.7 Å².